The van der Waals surface area contributed by atoms with Crippen molar-refractivity contribution in [2.24, 2.45) is 5.41 Å². The van der Waals surface area contributed by atoms with Crippen molar-refractivity contribution in [1.82, 2.24) is 0 Å². The second kappa shape index (κ2) is 7.97. The van der Waals surface area contributed by atoms with E-state index < -0.39 is 5.97 Å². The molecule has 1 atom stereocenters. The largest absolute Gasteiger partial charge is 0.456 e. The zero-order valence-electron chi connectivity index (χ0n) is 14.0. The van der Waals surface area contributed by atoms with Crippen LogP contribution in [0.25, 0.3) is 0 Å². The molecule has 3 heteroatoms. The molecule has 0 saturated heterocycles. The van der Waals surface area contributed by atoms with Gasteiger partial charge >= 0.3 is 5.97 Å². The average molecular weight is 312 g/mol. The van der Waals surface area contributed by atoms with Crippen molar-refractivity contribution in [3.05, 3.63) is 35.4 Å². The number of hydrogen-bond donors (Lipinski definition) is 0. The van der Waals surface area contributed by atoms with E-state index in [1.807, 2.05) is 18.2 Å². The third-order valence-corrected chi connectivity index (χ3v) is 4.50. The Morgan fingerprint density at radius 2 is 2.09 bits per heavy atom. The fourth-order valence-corrected chi connectivity index (χ4v) is 3.08. The summed E-state index contributed by atoms with van der Waals surface area (Å²) in [6, 6.07) is 7.93. The molecule has 0 heterocycles. The van der Waals surface area contributed by atoms with Gasteiger partial charge in [-0.15, -0.1) is 0 Å². The number of benzene rings is 1. The highest BCUT2D eigenvalue weighted by atomic mass is 16.5. The van der Waals surface area contributed by atoms with Gasteiger partial charge in [-0.2, -0.15) is 0 Å². The van der Waals surface area contributed by atoms with Crippen LogP contribution in [0, 0.1) is 17.3 Å². The number of hydrogen-bond acceptors (Lipinski definition) is 3. The van der Waals surface area contributed by atoms with Gasteiger partial charge in [0.1, 0.15) is 0 Å². The van der Waals surface area contributed by atoms with Crippen LogP contribution in [0.5, 0.6) is 0 Å². The van der Waals surface area contributed by atoms with Gasteiger partial charge in [-0.1, -0.05) is 43.5 Å². The predicted molar refractivity (Wildman–Crippen MR) is 90.1 cm³/mol. The van der Waals surface area contributed by atoms with Crippen LogP contribution in [0.3, 0.4) is 0 Å². The van der Waals surface area contributed by atoms with Gasteiger partial charge in [0, 0.05) is 23.3 Å². The summed E-state index contributed by atoms with van der Waals surface area (Å²) in [6.07, 6.45) is 5.28. The number of rotatable bonds is 5. The van der Waals surface area contributed by atoms with E-state index in [0.717, 1.165) is 37.7 Å². The van der Waals surface area contributed by atoms with Gasteiger partial charge in [0.25, 0.3) is 0 Å². The van der Waals surface area contributed by atoms with Crippen LogP contribution in [0.4, 0.5) is 0 Å². The summed E-state index contributed by atoms with van der Waals surface area (Å²) in [4.78, 5) is 23.8. The minimum Gasteiger partial charge on any atom is -0.456 e. The molecule has 0 aliphatic heterocycles. The molecule has 2 rings (SSSR count). The van der Waals surface area contributed by atoms with E-state index in [4.69, 9.17) is 4.74 Å². The molecule has 3 nitrogen and oxygen atoms in total. The second-order valence-corrected chi connectivity index (χ2v) is 6.28. The van der Waals surface area contributed by atoms with Crippen LogP contribution in [0.1, 0.15) is 61.9 Å². The molecule has 0 fully saturated rings. The van der Waals surface area contributed by atoms with Crippen LogP contribution < -0.4 is 0 Å². The van der Waals surface area contributed by atoms with Gasteiger partial charge < -0.3 is 4.74 Å². The fourth-order valence-electron chi connectivity index (χ4n) is 3.08. The molecule has 0 radical (unpaired) electrons. The number of ketones is 1. The third-order valence-electron chi connectivity index (χ3n) is 4.50. The lowest BCUT2D eigenvalue weighted by Gasteiger charge is -2.33. The molecule has 1 aromatic carbocycles. The lowest BCUT2D eigenvalue weighted by molar-refractivity contribution is -0.136. The number of Topliss-reactive ketones (excluding diaryl/α,β-unsaturated/α-hetero) is 1. The predicted octanol–water partition coefficient (Wildman–Crippen LogP) is 3.95. The minimum atomic E-state index is -0.460. The first-order valence-electron chi connectivity index (χ1n) is 8.35. The zero-order valence-corrected chi connectivity index (χ0v) is 14.0. The summed E-state index contributed by atoms with van der Waals surface area (Å²) >= 11 is 0. The fraction of sp³-hybridized carbons (Fsp3) is 0.500. The van der Waals surface area contributed by atoms with E-state index in [-0.39, 0.29) is 11.2 Å². The Morgan fingerprint density at radius 1 is 1.30 bits per heavy atom. The van der Waals surface area contributed by atoms with Gasteiger partial charge in [-0.3, -0.25) is 4.79 Å². The molecule has 1 aromatic rings. The number of aryl methyl sites for hydroxylation is 1. The third kappa shape index (κ3) is 4.45. The molecule has 0 saturated carbocycles. The molecule has 122 valence electrons. The summed E-state index contributed by atoms with van der Waals surface area (Å²) in [5, 5.41) is 0. The molecular weight excluding hydrogens is 288 g/mol. The molecule has 1 unspecified atom stereocenters. The van der Waals surface area contributed by atoms with E-state index in [9.17, 15) is 9.59 Å². The minimum absolute atomic E-state index is 0.261. The van der Waals surface area contributed by atoms with Crippen LogP contribution >= 0.6 is 0 Å². The molecule has 1 aliphatic rings. The molecule has 1 aliphatic carbocycles. The summed E-state index contributed by atoms with van der Waals surface area (Å²) in [7, 11) is 0. The lowest BCUT2D eigenvalue weighted by atomic mass is 9.69. The number of carbonyl (C=O) groups excluding carboxylic acids is 2. The Hall–Kier alpha value is -2.08. The highest BCUT2D eigenvalue weighted by molar-refractivity contribution is 6.02. The highest BCUT2D eigenvalue weighted by Crippen LogP contribution is 2.39. The number of unbranched alkanes of at least 4 members (excludes halogenated alkanes) is 2. The molecule has 23 heavy (non-hydrogen) atoms. The van der Waals surface area contributed by atoms with E-state index in [1.54, 1.807) is 6.92 Å². The van der Waals surface area contributed by atoms with E-state index >= 15 is 0 Å². The molecular formula is C20H24O3. The second-order valence-electron chi connectivity index (χ2n) is 6.28. The van der Waals surface area contributed by atoms with Gasteiger partial charge in [0.15, 0.2) is 5.78 Å². The summed E-state index contributed by atoms with van der Waals surface area (Å²) < 4.78 is 4.75. The van der Waals surface area contributed by atoms with Crippen molar-refractivity contribution in [2.75, 3.05) is 6.61 Å². The Bertz CT molecular complexity index is 636. The Balaban J connectivity index is 1.82. The van der Waals surface area contributed by atoms with Crippen molar-refractivity contribution in [3.63, 3.8) is 0 Å². The first kappa shape index (κ1) is 17.3. The van der Waals surface area contributed by atoms with E-state index in [0.29, 0.717) is 13.0 Å². The molecule has 0 spiro atoms. The van der Waals surface area contributed by atoms with Crippen LogP contribution in [0.2, 0.25) is 0 Å². The maximum absolute atomic E-state index is 12.7. The normalized spacial score (nSPS) is 19.5. The van der Waals surface area contributed by atoms with Gasteiger partial charge in [-0.25, -0.2) is 4.79 Å². The lowest BCUT2D eigenvalue weighted by Crippen LogP contribution is -2.33. The Kier molecular flexibility index (Phi) is 5.98. The average Bonchev–Trinajstić information content (AvgIpc) is 2.55. The Labute approximate surface area is 138 Å². The van der Waals surface area contributed by atoms with E-state index in [2.05, 4.69) is 24.8 Å². The maximum Gasteiger partial charge on any atom is 0.384 e. The van der Waals surface area contributed by atoms with Crippen LogP contribution in [0.15, 0.2) is 24.3 Å². The van der Waals surface area contributed by atoms with Crippen LogP contribution in [-0.2, 0) is 16.0 Å². The quantitative estimate of drug-likeness (QED) is 0.358. The van der Waals surface area contributed by atoms with Crippen molar-refractivity contribution in [2.45, 2.75) is 52.4 Å². The van der Waals surface area contributed by atoms with Gasteiger partial charge in [0.2, 0.25) is 0 Å². The van der Waals surface area contributed by atoms with E-state index in [1.165, 1.54) is 5.56 Å². The van der Waals surface area contributed by atoms with Gasteiger partial charge in [0.05, 0.1) is 6.61 Å². The number of fused-ring (bicyclic) bond motifs is 1. The highest BCUT2D eigenvalue weighted by Gasteiger charge is 2.37. The van der Waals surface area contributed by atoms with Crippen molar-refractivity contribution in [1.29, 1.82) is 0 Å². The Morgan fingerprint density at radius 3 is 2.87 bits per heavy atom. The number of carbonyl (C=O) groups is 2. The molecule has 0 amide bonds. The first-order chi connectivity index (χ1) is 11.1. The molecule has 0 aromatic heterocycles. The summed E-state index contributed by atoms with van der Waals surface area (Å²) in [5.41, 5.74) is 1.81. The number of esters is 1. The first-order valence-corrected chi connectivity index (χ1v) is 8.35. The van der Waals surface area contributed by atoms with Crippen molar-refractivity contribution in [3.8, 4) is 11.8 Å². The maximum atomic E-state index is 12.7. The standard InChI is InChI=1S/C20H24O3/c1-3-23-18(21)12-6-4-5-9-14-20(2)15-13-16-10-7-8-11-17(16)19(20)22/h7-8,10-11H,3-5,9,13-15H2,1-2H3. The monoisotopic (exact) mass is 312 g/mol. The summed E-state index contributed by atoms with van der Waals surface area (Å²) in [6.45, 7) is 4.20. The topological polar surface area (TPSA) is 43.4 Å². The van der Waals surface area contributed by atoms with Gasteiger partial charge in [-0.05, 0) is 38.2 Å². The summed E-state index contributed by atoms with van der Waals surface area (Å²) in [5.74, 6) is 5.13. The SMILES string of the molecule is CCOC(=O)C#CCCCCC1(C)CCc2ccccc2C1=O. The van der Waals surface area contributed by atoms with Crippen molar-refractivity contribution >= 4 is 11.8 Å². The molecule has 0 N–H and O–H groups in total. The number of ether oxygens (including phenoxy) is 1. The van der Waals surface area contributed by atoms with Crippen LogP contribution in [-0.4, -0.2) is 18.4 Å². The molecule has 0 bridgehead atoms. The smallest absolute Gasteiger partial charge is 0.384 e. The zero-order chi connectivity index (χ0) is 16.7. The van der Waals surface area contributed by atoms with Crippen molar-refractivity contribution < 1.29 is 14.3 Å².